The maximum Gasteiger partial charge on any atom is 0.263 e. The van der Waals surface area contributed by atoms with Crippen molar-refractivity contribution in [2.45, 2.75) is 33.4 Å². The van der Waals surface area contributed by atoms with Crippen molar-refractivity contribution in [3.05, 3.63) is 84.1 Å². The molecule has 0 aliphatic heterocycles. The summed E-state index contributed by atoms with van der Waals surface area (Å²) in [6, 6.07) is 22.1. The number of carbonyl (C=O) groups excluding carboxylic acids is 1. The third-order valence-corrected chi connectivity index (χ3v) is 4.56. The Labute approximate surface area is 172 Å². The smallest absolute Gasteiger partial charge is 0.263 e. The molecule has 0 saturated heterocycles. The lowest BCUT2D eigenvalue weighted by Crippen LogP contribution is -2.30. The third-order valence-electron chi connectivity index (χ3n) is 4.56. The number of aromatic nitrogens is 1. The van der Waals surface area contributed by atoms with Crippen molar-refractivity contribution in [3.63, 3.8) is 0 Å². The van der Waals surface area contributed by atoms with Crippen LogP contribution in [0.3, 0.4) is 0 Å². The van der Waals surface area contributed by atoms with E-state index in [-0.39, 0.29) is 12.5 Å². The minimum absolute atomic E-state index is 0.0569. The van der Waals surface area contributed by atoms with Crippen LogP contribution in [0.4, 0.5) is 11.5 Å². The third kappa shape index (κ3) is 6.07. The first-order valence-electron chi connectivity index (χ1n) is 9.77. The second-order valence-corrected chi connectivity index (χ2v) is 7.26. The maximum atomic E-state index is 12.1. The van der Waals surface area contributed by atoms with Crippen LogP contribution in [0.5, 0.6) is 5.75 Å². The van der Waals surface area contributed by atoms with Gasteiger partial charge in [-0.05, 0) is 50.6 Å². The normalized spacial score (nSPS) is 10.6. The summed E-state index contributed by atoms with van der Waals surface area (Å²) < 4.78 is 5.51. The highest BCUT2D eigenvalue weighted by atomic mass is 16.5. The Kier molecular flexibility index (Phi) is 6.85. The molecule has 1 amide bonds. The van der Waals surface area contributed by atoms with E-state index in [1.807, 2.05) is 61.5 Å². The van der Waals surface area contributed by atoms with E-state index in [1.54, 1.807) is 6.20 Å². The Bertz CT molecular complexity index is 907. The van der Waals surface area contributed by atoms with Crippen molar-refractivity contribution in [2.75, 3.05) is 16.8 Å². The molecule has 0 fully saturated rings. The minimum Gasteiger partial charge on any atom is -0.484 e. The number of benzene rings is 2. The number of aryl methyl sites for hydroxylation is 1. The number of nitrogens with one attached hydrogen (secondary N) is 1. The molecule has 0 atom stereocenters. The Morgan fingerprint density at radius 2 is 1.76 bits per heavy atom. The topological polar surface area (TPSA) is 54.5 Å². The van der Waals surface area contributed by atoms with Crippen molar-refractivity contribution in [2.24, 2.45) is 0 Å². The maximum absolute atomic E-state index is 12.1. The van der Waals surface area contributed by atoms with Crippen molar-refractivity contribution >= 4 is 17.4 Å². The molecule has 3 aromatic rings. The summed E-state index contributed by atoms with van der Waals surface area (Å²) in [5, 5.41) is 2.78. The van der Waals surface area contributed by atoms with E-state index in [0.717, 1.165) is 17.8 Å². The molecular weight excluding hydrogens is 362 g/mol. The molecule has 2 aromatic carbocycles. The van der Waals surface area contributed by atoms with Gasteiger partial charge in [-0.3, -0.25) is 4.79 Å². The zero-order valence-electron chi connectivity index (χ0n) is 17.1. The van der Waals surface area contributed by atoms with Gasteiger partial charge in [-0.2, -0.15) is 0 Å². The zero-order chi connectivity index (χ0) is 20.6. The van der Waals surface area contributed by atoms with Crippen LogP contribution in [0.2, 0.25) is 0 Å². The van der Waals surface area contributed by atoms with Gasteiger partial charge in [0.25, 0.3) is 5.91 Å². The molecule has 3 rings (SSSR count). The fourth-order valence-corrected chi connectivity index (χ4v) is 2.94. The summed E-state index contributed by atoms with van der Waals surface area (Å²) in [6.07, 6.45) is 1.79. The highest BCUT2D eigenvalue weighted by Crippen LogP contribution is 2.20. The van der Waals surface area contributed by atoms with E-state index in [1.165, 1.54) is 5.56 Å². The number of hydrogen-bond donors (Lipinski definition) is 1. The van der Waals surface area contributed by atoms with E-state index < -0.39 is 0 Å². The molecule has 5 nitrogen and oxygen atoms in total. The number of rotatable bonds is 8. The van der Waals surface area contributed by atoms with E-state index in [2.05, 4.69) is 41.2 Å². The van der Waals surface area contributed by atoms with Gasteiger partial charge in [0.05, 0.1) is 11.9 Å². The average Bonchev–Trinajstić information content (AvgIpc) is 2.73. The first-order chi connectivity index (χ1) is 14.0. The van der Waals surface area contributed by atoms with Crippen LogP contribution >= 0.6 is 0 Å². The molecule has 29 heavy (non-hydrogen) atoms. The summed E-state index contributed by atoms with van der Waals surface area (Å²) >= 11 is 0. The average molecular weight is 389 g/mol. The highest BCUT2D eigenvalue weighted by molar-refractivity contribution is 5.91. The van der Waals surface area contributed by atoms with Gasteiger partial charge >= 0.3 is 0 Å². The molecule has 0 radical (unpaired) electrons. The first-order valence-corrected chi connectivity index (χ1v) is 9.77. The standard InChI is InChI=1S/C24H27N3O2/c1-18(2)27(16-20-7-5-4-6-8-20)21-11-14-23(25-15-21)26-24(28)17-29-22-12-9-19(3)10-13-22/h4-15,18H,16-17H2,1-3H3,(H,25,26,28). The van der Waals surface area contributed by atoms with E-state index >= 15 is 0 Å². The number of pyridine rings is 1. The Hall–Kier alpha value is -3.34. The van der Waals surface area contributed by atoms with E-state index in [4.69, 9.17) is 4.74 Å². The van der Waals surface area contributed by atoms with Gasteiger partial charge in [-0.15, -0.1) is 0 Å². The largest absolute Gasteiger partial charge is 0.484 e. The second-order valence-electron chi connectivity index (χ2n) is 7.26. The summed E-state index contributed by atoms with van der Waals surface area (Å²) in [4.78, 5) is 18.8. The molecular formula is C24H27N3O2. The van der Waals surface area contributed by atoms with Gasteiger partial charge in [0, 0.05) is 12.6 Å². The Morgan fingerprint density at radius 3 is 2.38 bits per heavy atom. The molecule has 0 unspecified atom stereocenters. The van der Waals surface area contributed by atoms with Gasteiger partial charge < -0.3 is 15.0 Å². The SMILES string of the molecule is Cc1ccc(OCC(=O)Nc2ccc(N(Cc3ccccc3)C(C)C)cn2)cc1. The van der Waals surface area contributed by atoms with Crippen molar-refractivity contribution < 1.29 is 9.53 Å². The van der Waals surface area contributed by atoms with Crippen molar-refractivity contribution in [3.8, 4) is 5.75 Å². The van der Waals surface area contributed by atoms with Crippen LogP contribution in [0, 0.1) is 6.92 Å². The second kappa shape index (κ2) is 9.73. The van der Waals surface area contributed by atoms with Crippen LogP contribution in [-0.4, -0.2) is 23.5 Å². The van der Waals surface area contributed by atoms with Crippen LogP contribution in [0.25, 0.3) is 0 Å². The monoisotopic (exact) mass is 389 g/mol. The molecule has 5 heteroatoms. The van der Waals surface area contributed by atoms with Gasteiger partial charge in [-0.25, -0.2) is 4.98 Å². The summed E-state index contributed by atoms with van der Waals surface area (Å²) in [5.41, 5.74) is 3.40. The minimum atomic E-state index is -0.240. The van der Waals surface area contributed by atoms with Gasteiger partial charge in [0.2, 0.25) is 0 Å². The number of amides is 1. The Balaban J connectivity index is 1.58. The molecule has 1 N–H and O–H groups in total. The van der Waals surface area contributed by atoms with Gasteiger partial charge in [0.1, 0.15) is 11.6 Å². The zero-order valence-corrected chi connectivity index (χ0v) is 17.1. The summed E-state index contributed by atoms with van der Waals surface area (Å²) in [6.45, 7) is 7.06. The summed E-state index contributed by atoms with van der Waals surface area (Å²) in [5.74, 6) is 0.938. The number of ether oxygens (including phenoxy) is 1. The molecule has 1 heterocycles. The fraction of sp³-hybridized carbons (Fsp3) is 0.250. The fourth-order valence-electron chi connectivity index (χ4n) is 2.94. The van der Waals surface area contributed by atoms with Crippen molar-refractivity contribution in [1.29, 1.82) is 0 Å². The van der Waals surface area contributed by atoms with E-state index in [0.29, 0.717) is 17.6 Å². The molecule has 0 bridgehead atoms. The molecule has 0 saturated carbocycles. The molecule has 150 valence electrons. The number of hydrogen-bond acceptors (Lipinski definition) is 4. The van der Waals surface area contributed by atoms with Gasteiger partial charge in [-0.1, -0.05) is 48.0 Å². The predicted octanol–water partition coefficient (Wildman–Crippen LogP) is 4.82. The lowest BCUT2D eigenvalue weighted by atomic mass is 10.1. The van der Waals surface area contributed by atoms with Gasteiger partial charge in [0.15, 0.2) is 6.61 Å². The highest BCUT2D eigenvalue weighted by Gasteiger charge is 2.12. The van der Waals surface area contributed by atoms with Crippen molar-refractivity contribution in [1.82, 2.24) is 4.98 Å². The molecule has 0 spiro atoms. The summed E-state index contributed by atoms with van der Waals surface area (Å²) in [7, 11) is 0. The molecule has 0 aliphatic carbocycles. The first kappa shape index (κ1) is 20.4. The van der Waals surface area contributed by atoms with Crippen LogP contribution < -0.4 is 15.0 Å². The Morgan fingerprint density at radius 1 is 1.03 bits per heavy atom. The van der Waals surface area contributed by atoms with Crippen LogP contribution in [-0.2, 0) is 11.3 Å². The molecule has 0 aliphatic rings. The predicted molar refractivity (Wildman–Crippen MR) is 117 cm³/mol. The van der Waals surface area contributed by atoms with Crippen LogP contribution in [0.1, 0.15) is 25.0 Å². The lowest BCUT2D eigenvalue weighted by molar-refractivity contribution is -0.118. The molecule has 1 aromatic heterocycles. The quantitative estimate of drug-likeness (QED) is 0.600. The number of anilines is 2. The van der Waals surface area contributed by atoms with E-state index in [9.17, 15) is 4.79 Å². The number of nitrogens with zero attached hydrogens (tertiary/aromatic N) is 2. The van der Waals surface area contributed by atoms with Crippen LogP contribution in [0.15, 0.2) is 72.9 Å². The lowest BCUT2D eigenvalue weighted by Gasteiger charge is -2.29. The number of carbonyl (C=O) groups is 1.